The van der Waals surface area contributed by atoms with E-state index < -0.39 is 6.30 Å². The maximum atomic E-state index is 12.5. The van der Waals surface area contributed by atoms with Crippen LogP contribution >= 0.6 is 0 Å². The molecule has 0 aromatic heterocycles. The average molecular weight is 117 g/mol. The summed E-state index contributed by atoms with van der Waals surface area (Å²) in [6.07, 6.45) is 2.29. The predicted molar refractivity (Wildman–Crippen MR) is 31.4 cm³/mol. The SMILES string of the molecule is CN1CCCC[C@H]1F. The quantitative estimate of drug-likeness (QED) is 0.433. The third-order valence-corrected chi connectivity index (χ3v) is 1.68. The third kappa shape index (κ3) is 1.19. The summed E-state index contributed by atoms with van der Waals surface area (Å²) in [7, 11) is 1.84. The molecule has 1 heterocycles. The highest BCUT2D eigenvalue weighted by molar-refractivity contribution is 4.63. The predicted octanol–water partition coefficient (Wildman–Crippen LogP) is 1.40. The van der Waals surface area contributed by atoms with Gasteiger partial charge >= 0.3 is 0 Å². The van der Waals surface area contributed by atoms with Crippen LogP contribution in [0, 0.1) is 0 Å². The van der Waals surface area contributed by atoms with E-state index in [1.807, 2.05) is 7.05 Å². The molecule has 0 saturated carbocycles. The zero-order valence-corrected chi connectivity index (χ0v) is 5.23. The van der Waals surface area contributed by atoms with E-state index in [-0.39, 0.29) is 0 Å². The number of halogens is 1. The molecule has 0 spiro atoms. The third-order valence-electron chi connectivity index (χ3n) is 1.68. The number of piperidine rings is 1. The van der Waals surface area contributed by atoms with Crippen molar-refractivity contribution in [2.75, 3.05) is 13.6 Å². The van der Waals surface area contributed by atoms with Gasteiger partial charge < -0.3 is 0 Å². The zero-order chi connectivity index (χ0) is 5.98. The first kappa shape index (κ1) is 6.02. The first-order valence-corrected chi connectivity index (χ1v) is 3.15. The Morgan fingerprint density at radius 1 is 1.50 bits per heavy atom. The van der Waals surface area contributed by atoms with E-state index in [0.717, 1.165) is 25.8 Å². The Balaban J connectivity index is 2.28. The van der Waals surface area contributed by atoms with Crippen LogP contribution in [0.2, 0.25) is 0 Å². The molecule has 0 amide bonds. The van der Waals surface area contributed by atoms with Crippen molar-refractivity contribution in [1.82, 2.24) is 4.90 Å². The Morgan fingerprint density at radius 2 is 2.25 bits per heavy atom. The summed E-state index contributed by atoms with van der Waals surface area (Å²) in [5.41, 5.74) is 0. The molecule has 1 aliphatic heterocycles. The van der Waals surface area contributed by atoms with E-state index >= 15 is 0 Å². The fraction of sp³-hybridized carbons (Fsp3) is 1.00. The molecule has 1 atom stereocenters. The minimum Gasteiger partial charge on any atom is -0.277 e. The van der Waals surface area contributed by atoms with E-state index in [2.05, 4.69) is 0 Å². The van der Waals surface area contributed by atoms with Crippen molar-refractivity contribution in [3.05, 3.63) is 0 Å². The van der Waals surface area contributed by atoms with E-state index in [1.165, 1.54) is 0 Å². The molecule has 1 saturated heterocycles. The van der Waals surface area contributed by atoms with Crippen molar-refractivity contribution < 1.29 is 4.39 Å². The molecule has 1 nitrogen and oxygen atoms in total. The molecule has 0 aromatic carbocycles. The van der Waals surface area contributed by atoms with Gasteiger partial charge in [-0.2, -0.15) is 0 Å². The van der Waals surface area contributed by atoms with Gasteiger partial charge in [-0.1, -0.05) is 0 Å². The van der Waals surface area contributed by atoms with Gasteiger partial charge in [-0.3, -0.25) is 4.90 Å². The molecule has 0 aliphatic carbocycles. The first-order chi connectivity index (χ1) is 3.80. The van der Waals surface area contributed by atoms with Crippen molar-refractivity contribution >= 4 is 0 Å². The van der Waals surface area contributed by atoms with Gasteiger partial charge in [0, 0.05) is 6.54 Å². The van der Waals surface area contributed by atoms with Crippen LogP contribution in [0.5, 0.6) is 0 Å². The highest BCUT2D eigenvalue weighted by atomic mass is 19.1. The maximum absolute atomic E-state index is 12.5. The second-order valence-corrected chi connectivity index (χ2v) is 2.41. The first-order valence-electron chi connectivity index (χ1n) is 3.15. The average Bonchev–Trinajstić information content (AvgIpc) is 1.77. The Bertz CT molecular complexity index is 64.9. The van der Waals surface area contributed by atoms with Crippen molar-refractivity contribution in [2.24, 2.45) is 0 Å². The number of alkyl halides is 1. The fourth-order valence-corrected chi connectivity index (χ4v) is 1.03. The molecule has 0 radical (unpaired) electrons. The van der Waals surface area contributed by atoms with Gasteiger partial charge in [-0.25, -0.2) is 4.39 Å². The number of nitrogens with zero attached hydrogens (tertiary/aromatic N) is 1. The van der Waals surface area contributed by atoms with Crippen molar-refractivity contribution in [3.8, 4) is 0 Å². The normalized spacial score (nSPS) is 33.0. The Kier molecular flexibility index (Phi) is 1.84. The summed E-state index contributed by atoms with van der Waals surface area (Å²) in [6.45, 7) is 0.932. The van der Waals surface area contributed by atoms with E-state index in [0.29, 0.717) is 0 Å². The lowest BCUT2D eigenvalue weighted by Gasteiger charge is -2.25. The van der Waals surface area contributed by atoms with Crippen LogP contribution in [0.1, 0.15) is 19.3 Å². The lowest BCUT2D eigenvalue weighted by atomic mass is 10.1. The van der Waals surface area contributed by atoms with Crippen LogP contribution in [-0.4, -0.2) is 24.8 Å². The highest BCUT2D eigenvalue weighted by Gasteiger charge is 2.16. The number of hydrogen-bond donors (Lipinski definition) is 0. The fourth-order valence-electron chi connectivity index (χ4n) is 1.03. The van der Waals surface area contributed by atoms with E-state index in [9.17, 15) is 4.39 Å². The number of likely N-dealkylation sites (tertiary alicyclic amines) is 1. The van der Waals surface area contributed by atoms with Gasteiger partial charge in [0.2, 0.25) is 0 Å². The summed E-state index contributed by atoms with van der Waals surface area (Å²) >= 11 is 0. The largest absolute Gasteiger partial charge is 0.277 e. The molecular formula is C6H12FN. The van der Waals surface area contributed by atoms with Crippen LogP contribution < -0.4 is 0 Å². The van der Waals surface area contributed by atoms with E-state index in [4.69, 9.17) is 0 Å². The van der Waals surface area contributed by atoms with Crippen molar-refractivity contribution in [3.63, 3.8) is 0 Å². The number of hydrogen-bond acceptors (Lipinski definition) is 1. The molecule has 1 rings (SSSR count). The molecule has 0 unspecified atom stereocenters. The van der Waals surface area contributed by atoms with Gasteiger partial charge in [0.05, 0.1) is 0 Å². The monoisotopic (exact) mass is 117 g/mol. The minimum absolute atomic E-state index is 0.663. The summed E-state index contributed by atoms with van der Waals surface area (Å²) < 4.78 is 12.5. The zero-order valence-electron chi connectivity index (χ0n) is 5.23. The molecule has 1 fully saturated rings. The maximum Gasteiger partial charge on any atom is 0.153 e. The summed E-state index contributed by atoms with van der Waals surface area (Å²) in [5.74, 6) is 0. The van der Waals surface area contributed by atoms with Gasteiger partial charge in [-0.05, 0) is 26.3 Å². The second-order valence-electron chi connectivity index (χ2n) is 2.41. The van der Waals surface area contributed by atoms with Gasteiger partial charge in [0.25, 0.3) is 0 Å². The minimum atomic E-state index is -0.663. The lowest BCUT2D eigenvalue weighted by molar-refractivity contribution is 0.0713. The smallest absolute Gasteiger partial charge is 0.153 e. The van der Waals surface area contributed by atoms with Crippen LogP contribution in [-0.2, 0) is 0 Å². The highest BCUT2D eigenvalue weighted by Crippen LogP contribution is 2.14. The summed E-state index contributed by atoms with van der Waals surface area (Å²) in [5, 5.41) is 0. The Morgan fingerprint density at radius 3 is 2.62 bits per heavy atom. The molecule has 0 aromatic rings. The van der Waals surface area contributed by atoms with E-state index in [1.54, 1.807) is 4.90 Å². The van der Waals surface area contributed by atoms with Crippen LogP contribution in [0.4, 0.5) is 4.39 Å². The van der Waals surface area contributed by atoms with Crippen LogP contribution in [0.3, 0.4) is 0 Å². The number of rotatable bonds is 0. The van der Waals surface area contributed by atoms with Crippen molar-refractivity contribution in [2.45, 2.75) is 25.6 Å². The molecule has 8 heavy (non-hydrogen) atoms. The molecule has 0 N–H and O–H groups in total. The molecule has 1 aliphatic rings. The second kappa shape index (κ2) is 2.44. The lowest BCUT2D eigenvalue weighted by Crippen LogP contribution is -2.32. The molecular weight excluding hydrogens is 105 g/mol. The van der Waals surface area contributed by atoms with Gasteiger partial charge in [0.15, 0.2) is 6.30 Å². The summed E-state index contributed by atoms with van der Waals surface area (Å²) in [4.78, 5) is 1.77. The van der Waals surface area contributed by atoms with Crippen LogP contribution in [0.25, 0.3) is 0 Å². The van der Waals surface area contributed by atoms with Gasteiger partial charge in [0.1, 0.15) is 0 Å². The molecule has 48 valence electrons. The van der Waals surface area contributed by atoms with Crippen LogP contribution in [0.15, 0.2) is 0 Å². The van der Waals surface area contributed by atoms with Crippen molar-refractivity contribution in [1.29, 1.82) is 0 Å². The Hall–Kier alpha value is -0.110. The molecule has 2 heteroatoms. The topological polar surface area (TPSA) is 3.24 Å². The summed E-state index contributed by atoms with van der Waals surface area (Å²) in [6, 6.07) is 0. The Labute approximate surface area is 49.5 Å². The van der Waals surface area contributed by atoms with Gasteiger partial charge in [-0.15, -0.1) is 0 Å². The molecule has 0 bridgehead atoms. The standard InChI is InChI=1S/C6H12FN/c1-8-5-3-2-4-6(8)7/h6H,2-5H2,1H3/t6-/m0/s1.